The lowest BCUT2D eigenvalue weighted by Crippen LogP contribution is -2.62. The van der Waals surface area contributed by atoms with E-state index in [9.17, 15) is 29.1 Å². The zero-order valence-electron chi connectivity index (χ0n) is 31.6. The maximum Gasteiger partial charge on any atom is 0.244 e. The molecule has 2 aliphatic rings. The van der Waals surface area contributed by atoms with E-state index in [0.717, 1.165) is 27.8 Å². The van der Waals surface area contributed by atoms with Gasteiger partial charge in [0.25, 0.3) is 0 Å². The molecular formula is C39H55N7O6S2. The molecule has 1 fully saturated rings. The normalized spacial score (nSPS) is 20.9. The summed E-state index contributed by atoms with van der Waals surface area (Å²) in [5.74, 6) is -0.674. The van der Waals surface area contributed by atoms with Crippen molar-refractivity contribution >= 4 is 52.9 Å². The van der Waals surface area contributed by atoms with Crippen LogP contribution in [-0.2, 0) is 43.2 Å². The first-order valence-corrected chi connectivity index (χ1v) is 20.3. The molecule has 4 amide bonds. The number of thioether (sulfide) groups is 2. The van der Waals surface area contributed by atoms with Crippen molar-refractivity contribution in [3.05, 3.63) is 76.6 Å². The highest BCUT2D eigenvalue weighted by Crippen LogP contribution is 2.42. The van der Waals surface area contributed by atoms with E-state index in [1.165, 1.54) is 23.5 Å². The number of hydrogen-bond donors (Lipinski definition) is 8. The molecule has 0 aromatic heterocycles. The summed E-state index contributed by atoms with van der Waals surface area (Å²) in [6, 6.07) is 6.92. The second-order valence-corrected chi connectivity index (χ2v) is 17.9. The molecule has 1 spiro atoms. The number of hydrogen-bond acceptors (Lipinski definition) is 11. The third-order valence-electron chi connectivity index (χ3n) is 10.2. The molecule has 1 heterocycles. The van der Waals surface area contributed by atoms with Crippen LogP contribution < -0.4 is 38.5 Å². The number of phenols is 1. The monoisotopic (exact) mass is 781 g/mol. The van der Waals surface area contributed by atoms with Crippen molar-refractivity contribution in [3.8, 4) is 5.75 Å². The number of Topliss-reactive ketones (excluding diaryl/α,β-unsaturated/α-hetero) is 1. The summed E-state index contributed by atoms with van der Waals surface area (Å²) in [6.07, 6.45) is 1.27. The number of benzene rings is 2. The number of amides is 4. The number of nitrogens with one attached hydrogen (secondary N) is 4. The molecule has 2 aromatic carbocycles. The first-order chi connectivity index (χ1) is 25.4. The average molecular weight is 782 g/mol. The van der Waals surface area contributed by atoms with E-state index in [1.807, 2.05) is 52.0 Å². The van der Waals surface area contributed by atoms with Crippen LogP contribution >= 0.6 is 23.5 Å². The zero-order chi connectivity index (χ0) is 39.8. The first-order valence-electron chi connectivity index (χ1n) is 18.2. The molecule has 294 valence electrons. The highest BCUT2D eigenvalue weighted by Gasteiger charge is 2.49. The van der Waals surface area contributed by atoms with Gasteiger partial charge in [-0.2, -0.15) is 23.5 Å². The smallest absolute Gasteiger partial charge is 0.244 e. The predicted octanol–water partition coefficient (Wildman–Crippen LogP) is 1.62. The Labute approximate surface area is 326 Å². The van der Waals surface area contributed by atoms with Gasteiger partial charge in [-0.1, -0.05) is 30.8 Å². The minimum absolute atomic E-state index is 0.132. The molecule has 13 nitrogen and oxygen atoms in total. The number of aryl methyl sites for hydroxylation is 2. The van der Waals surface area contributed by atoms with E-state index < -0.39 is 58.0 Å². The molecule has 1 aliphatic carbocycles. The fraction of sp³-hybridized carbons (Fsp3) is 0.513. The van der Waals surface area contributed by atoms with Crippen LogP contribution in [0.3, 0.4) is 0 Å². The molecular weight excluding hydrogens is 727 g/mol. The molecule has 11 N–H and O–H groups in total. The van der Waals surface area contributed by atoms with E-state index in [-0.39, 0.29) is 55.2 Å². The van der Waals surface area contributed by atoms with Crippen LogP contribution in [0, 0.1) is 19.3 Å². The van der Waals surface area contributed by atoms with Crippen LogP contribution in [0.15, 0.2) is 48.8 Å². The number of carbonyl (C=O) groups excluding carboxylic acids is 5. The van der Waals surface area contributed by atoms with Gasteiger partial charge in [-0.05, 0) is 99.7 Å². The van der Waals surface area contributed by atoms with Crippen molar-refractivity contribution in [2.75, 3.05) is 23.8 Å². The van der Waals surface area contributed by atoms with Gasteiger partial charge in [-0.25, -0.2) is 0 Å². The van der Waals surface area contributed by atoms with Crippen molar-refractivity contribution in [2.24, 2.45) is 22.6 Å². The molecule has 0 saturated carbocycles. The fourth-order valence-corrected chi connectivity index (χ4v) is 9.53. The van der Waals surface area contributed by atoms with Crippen LogP contribution in [0.5, 0.6) is 5.75 Å². The summed E-state index contributed by atoms with van der Waals surface area (Å²) in [5, 5.41) is 21.6. The van der Waals surface area contributed by atoms with E-state index in [4.69, 9.17) is 17.2 Å². The summed E-state index contributed by atoms with van der Waals surface area (Å²) in [7, 11) is 0. The highest BCUT2D eigenvalue weighted by molar-refractivity contribution is 8.03. The Morgan fingerprint density at radius 3 is 2.26 bits per heavy atom. The van der Waals surface area contributed by atoms with Gasteiger partial charge >= 0.3 is 0 Å². The third-order valence-corrected chi connectivity index (χ3v) is 12.9. The summed E-state index contributed by atoms with van der Waals surface area (Å²) >= 11 is 2.98. The predicted molar refractivity (Wildman–Crippen MR) is 215 cm³/mol. The van der Waals surface area contributed by atoms with Gasteiger partial charge < -0.3 is 43.6 Å². The quantitative estimate of drug-likeness (QED) is 0.144. The maximum absolute atomic E-state index is 14.7. The number of nitrogens with two attached hydrogens (primary N) is 3. The Morgan fingerprint density at radius 1 is 1.04 bits per heavy atom. The Balaban J connectivity index is 1.60. The van der Waals surface area contributed by atoms with E-state index in [2.05, 4.69) is 27.8 Å². The average Bonchev–Trinajstić information content (AvgIpc) is 3.47. The Bertz CT molecular complexity index is 1700. The minimum Gasteiger partial charge on any atom is -0.508 e. The lowest BCUT2D eigenvalue weighted by molar-refractivity contribution is -0.139. The van der Waals surface area contributed by atoms with Gasteiger partial charge in [-0.15, -0.1) is 0 Å². The van der Waals surface area contributed by atoms with Gasteiger partial charge in [0, 0.05) is 35.0 Å². The largest absolute Gasteiger partial charge is 0.508 e. The molecule has 54 heavy (non-hydrogen) atoms. The second kappa shape index (κ2) is 18.4. The number of aromatic hydroxyl groups is 1. The number of phenolic OH excluding ortho intramolecular Hbond substituents is 1. The van der Waals surface area contributed by atoms with Crippen LogP contribution in [0.2, 0.25) is 0 Å². The van der Waals surface area contributed by atoms with Crippen molar-refractivity contribution < 1.29 is 29.1 Å². The SMILES string of the molecule is C=C(N)NCCC[C@H](NC(=O)[C@@H]1NC(=O)C2(CC(=O)[C@H](NC(=O)[C@@H](N)Cc3c(C)cc(O)cc3C)CSCCSC1(C)C)Cc1ccccc1C2)C(N)=O. The number of ketones is 1. The van der Waals surface area contributed by atoms with E-state index in [1.54, 1.807) is 12.1 Å². The molecule has 4 rings (SSSR count). The highest BCUT2D eigenvalue weighted by atomic mass is 32.2. The van der Waals surface area contributed by atoms with Crippen LogP contribution in [-0.4, -0.2) is 87.2 Å². The van der Waals surface area contributed by atoms with Gasteiger partial charge in [-0.3, -0.25) is 24.0 Å². The summed E-state index contributed by atoms with van der Waals surface area (Å²) in [6.45, 7) is 11.4. The molecule has 1 aliphatic heterocycles. The van der Waals surface area contributed by atoms with Crippen LogP contribution in [0.1, 0.15) is 60.9 Å². The molecule has 0 radical (unpaired) electrons. The van der Waals surface area contributed by atoms with E-state index in [0.29, 0.717) is 24.5 Å². The van der Waals surface area contributed by atoms with Crippen molar-refractivity contribution in [1.82, 2.24) is 21.3 Å². The van der Waals surface area contributed by atoms with Gasteiger partial charge in [0.1, 0.15) is 17.8 Å². The lowest BCUT2D eigenvalue weighted by Gasteiger charge is -2.37. The molecule has 15 heteroatoms. The minimum atomic E-state index is -1.25. The fourth-order valence-electron chi connectivity index (χ4n) is 7.20. The standard InChI is InChI=1S/C39H55N7O6S2/c1-22-15-27(47)16-23(2)28(22)17-29(41)35(50)45-31-21-53-13-14-54-38(4,5)33(36(51)44-30(34(42)49)11-8-12-43-24(3)40)46-37(52)39(20-32(31)48)18-25-9-6-7-10-26(25)19-39/h6-7,9-10,15-16,29-31,33,43,47H,3,8,11-14,17-21,40-41H2,1-2,4-5H3,(H2,42,49)(H,44,51)(H,45,50)(H,46,52)/t29-,30-,31+,33-/m0/s1. The molecule has 0 unspecified atom stereocenters. The summed E-state index contributed by atoms with van der Waals surface area (Å²) in [5.41, 5.74) is 20.8. The summed E-state index contributed by atoms with van der Waals surface area (Å²) < 4.78 is -0.836. The molecule has 2 aromatic rings. The molecule has 4 atom stereocenters. The molecule has 1 saturated heterocycles. The lowest BCUT2D eigenvalue weighted by atomic mass is 9.77. The third kappa shape index (κ3) is 10.9. The zero-order valence-corrected chi connectivity index (χ0v) is 33.2. The Kier molecular flexibility index (Phi) is 14.5. The van der Waals surface area contributed by atoms with Crippen LogP contribution in [0.25, 0.3) is 0 Å². The van der Waals surface area contributed by atoms with Gasteiger partial charge in [0.2, 0.25) is 23.6 Å². The topological polar surface area (TPSA) is 232 Å². The van der Waals surface area contributed by atoms with Gasteiger partial charge in [0.05, 0.1) is 23.3 Å². The Hall–Kier alpha value is -4.21. The Morgan fingerprint density at radius 2 is 1.67 bits per heavy atom. The van der Waals surface area contributed by atoms with Crippen LogP contribution in [0.4, 0.5) is 0 Å². The summed E-state index contributed by atoms with van der Waals surface area (Å²) in [4.78, 5) is 69.1. The van der Waals surface area contributed by atoms with Gasteiger partial charge in [0.15, 0.2) is 5.78 Å². The second-order valence-electron chi connectivity index (χ2n) is 15.0. The first kappa shape index (κ1) is 42.5. The number of fused-ring (bicyclic) bond motifs is 1. The number of rotatable bonds is 12. The number of primary amides is 1. The van der Waals surface area contributed by atoms with Crippen molar-refractivity contribution in [2.45, 2.75) is 95.1 Å². The number of carbonyl (C=O) groups is 5. The molecule has 0 bridgehead atoms. The van der Waals surface area contributed by atoms with Crippen molar-refractivity contribution in [1.29, 1.82) is 0 Å². The van der Waals surface area contributed by atoms with E-state index >= 15 is 0 Å². The van der Waals surface area contributed by atoms with Crippen molar-refractivity contribution in [3.63, 3.8) is 0 Å². The maximum atomic E-state index is 14.7.